The highest BCUT2D eigenvalue weighted by atomic mass is 32.1. The quantitative estimate of drug-likeness (QED) is 0.872. The van der Waals surface area contributed by atoms with E-state index in [0.29, 0.717) is 6.61 Å². The molecule has 98 valence electrons. The molecule has 0 aliphatic rings. The van der Waals surface area contributed by atoms with Gasteiger partial charge in [-0.1, -0.05) is 11.3 Å². The maximum absolute atomic E-state index is 5.48. The molecule has 0 bridgehead atoms. The lowest BCUT2D eigenvalue weighted by atomic mass is 10.3. The molecule has 2 aromatic rings. The molecule has 1 aromatic carbocycles. The van der Waals surface area contributed by atoms with Gasteiger partial charge in [0.1, 0.15) is 5.75 Å². The third-order valence-electron chi connectivity index (χ3n) is 2.61. The first kappa shape index (κ1) is 13.1. The van der Waals surface area contributed by atoms with Gasteiger partial charge in [-0.05, 0) is 32.0 Å². The average Bonchev–Trinajstić information content (AvgIpc) is 2.78. The van der Waals surface area contributed by atoms with Crippen LogP contribution in [-0.2, 0) is 4.74 Å². The lowest BCUT2D eigenvalue weighted by Crippen LogP contribution is -2.17. The molecule has 0 spiro atoms. The molecule has 1 N–H and O–H groups in total. The number of methoxy groups -OCH3 is 1. The minimum Gasteiger partial charge on any atom is -0.494 e. The van der Waals surface area contributed by atoms with Crippen LogP contribution in [0.25, 0.3) is 10.2 Å². The van der Waals surface area contributed by atoms with Crippen LogP contribution in [-0.4, -0.2) is 31.3 Å². The van der Waals surface area contributed by atoms with Crippen molar-refractivity contribution in [1.82, 2.24) is 4.98 Å². The zero-order valence-corrected chi connectivity index (χ0v) is 11.7. The zero-order chi connectivity index (χ0) is 13.0. The Morgan fingerprint density at radius 1 is 1.44 bits per heavy atom. The van der Waals surface area contributed by atoms with Gasteiger partial charge >= 0.3 is 0 Å². The van der Waals surface area contributed by atoms with E-state index in [1.165, 1.54) is 0 Å². The highest BCUT2D eigenvalue weighted by Crippen LogP contribution is 2.29. The van der Waals surface area contributed by atoms with Gasteiger partial charge in [0.25, 0.3) is 0 Å². The molecule has 4 nitrogen and oxygen atoms in total. The van der Waals surface area contributed by atoms with Crippen LogP contribution in [0.5, 0.6) is 5.75 Å². The van der Waals surface area contributed by atoms with Gasteiger partial charge in [-0.2, -0.15) is 0 Å². The summed E-state index contributed by atoms with van der Waals surface area (Å²) in [4.78, 5) is 4.52. The number of hydrogen-bond donors (Lipinski definition) is 1. The largest absolute Gasteiger partial charge is 0.494 e. The summed E-state index contributed by atoms with van der Waals surface area (Å²) < 4.78 is 11.8. The predicted octanol–water partition coefficient (Wildman–Crippen LogP) is 3.14. The smallest absolute Gasteiger partial charge is 0.183 e. The SMILES string of the molecule is CCOc1ccc2nc(NCC(C)OC)sc2c1. The second-order valence-corrected chi connectivity index (χ2v) is 5.04. The van der Waals surface area contributed by atoms with Crippen LogP contribution in [0, 0.1) is 0 Å². The Labute approximate surface area is 111 Å². The highest BCUT2D eigenvalue weighted by molar-refractivity contribution is 7.22. The van der Waals surface area contributed by atoms with Gasteiger partial charge < -0.3 is 14.8 Å². The van der Waals surface area contributed by atoms with Crippen LogP contribution >= 0.6 is 11.3 Å². The van der Waals surface area contributed by atoms with Crippen LogP contribution in [0.2, 0.25) is 0 Å². The molecule has 18 heavy (non-hydrogen) atoms. The number of anilines is 1. The summed E-state index contributed by atoms with van der Waals surface area (Å²) in [5.41, 5.74) is 0.996. The molecule has 5 heteroatoms. The molecule has 0 aliphatic heterocycles. The van der Waals surface area contributed by atoms with Crippen LogP contribution in [0.15, 0.2) is 18.2 Å². The first-order valence-corrected chi connectivity index (χ1v) is 6.84. The summed E-state index contributed by atoms with van der Waals surface area (Å²) in [6.45, 7) is 5.44. The van der Waals surface area contributed by atoms with E-state index in [9.17, 15) is 0 Å². The number of nitrogens with one attached hydrogen (secondary N) is 1. The van der Waals surface area contributed by atoms with Crippen LogP contribution in [0.3, 0.4) is 0 Å². The molecular weight excluding hydrogens is 248 g/mol. The number of rotatable bonds is 6. The standard InChI is InChI=1S/C13H18N2O2S/c1-4-17-10-5-6-11-12(7-10)18-13(15-11)14-8-9(2)16-3/h5-7,9H,4,8H2,1-3H3,(H,14,15). The fraction of sp³-hybridized carbons (Fsp3) is 0.462. The molecule has 0 amide bonds. The number of nitrogens with zero attached hydrogens (tertiary/aromatic N) is 1. The van der Waals surface area contributed by atoms with Crippen LogP contribution in [0.4, 0.5) is 5.13 Å². The second-order valence-electron chi connectivity index (χ2n) is 4.01. The van der Waals surface area contributed by atoms with E-state index in [4.69, 9.17) is 9.47 Å². The van der Waals surface area contributed by atoms with Crippen molar-refractivity contribution in [1.29, 1.82) is 0 Å². The van der Waals surface area contributed by atoms with Crippen molar-refractivity contribution >= 4 is 26.7 Å². The Balaban J connectivity index is 2.11. The van der Waals surface area contributed by atoms with Gasteiger partial charge in [0.15, 0.2) is 5.13 Å². The second kappa shape index (κ2) is 6.02. The van der Waals surface area contributed by atoms with Crippen molar-refractivity contribution in [2.24, 2.45) is 0 Å². The fourth-order valence-electron chi connectivity index (χ4n) is 1.55. The van der Waals surface area contributed by atoms with E-state index in [1.807, 2.05) is 32.0 Å². The summed E-state index contributed by atoms with van der Waals surface area (Å²) in [6, 6.07) is 5.97. The molecule has 1 atom stereocenters. The highest BCUT2D eigenvalue weighted by Gasteiger charge is 2.06. The first-order valence-electron chi connectivity index (χ1n) is 6.03. The van der Waals surface area contributed by atoms with Crippen molar-refractivity contribution in [2.45, 2.75) is 20.0 Å². The van der Waals surface area contributed by atoms with Gasteiger partial charge in [0.2, 0.25) is 0 Å². The number of fused-ring (bicyclic) bond motifs is 1. The van der Waals surface area contributed by atoms with E-state index < -0.39 is 0 Å². The molecule has 0 radical (unpaired) electrons. The Morgan fingerprint density at radius 2 is 2.28 bits per heavy atom. The maximum atomic E-state index is 5.48. The Morgan fingerprint density at radius 3 is 3.00 bits per heavy atom. The third kappa shape index (κ3) is 3.11. The molecule has 1 aromatic heterocycles. The van der Waals surface area contributed by atoms with Gasteiger partial charge in [0, 0.05) is 13.7 Å². The van der Waals surface area contributed by atoms with Gasteiger partial charge in [-0.15, -0.1) is 0 Å². The zero-order valence-electron chi connectivity index (χ0n) is 10.9. The Kier molecular flexibility index (Phi) is 4.38. The van der Waals surface area contributed by atoms with Crippen molar-refractivity contribution < 1.29 is 9.47 Å². The molecule has 1 heterocycles. The van der Waals surface area contributed by atoms with Crippen molar-refractivity contribution in [3.8, 4) is 5.75 Å². The lowest BCUT2D eigenvalue weighted by Gasteiger charge is -2.08. The summed E-state index contributed by atoms with van der Waals surface area (Å²) in [5.74, 6) is 0.894. The van der Waals surface area contributed by atoms with Crippen molar-refractivity contribution in [2.75, 3.05) is 25.6 Å². The van der Waals surface area contributed by atoms with Crippen LogP contribution in [0.1, 0.15) is 13.8 Å². The average molecular weight is 266 g/mol. The van der Waals surface area contributed by atoms with Crippen LogP contribution < -0.4 is 10.1 Å². The number of thiazole rings is 1. The molecule has 0 fully saturated rings. The lowest BCUT2D eigenvalue weighted by molar-refractivity contribution is 0.129. The van der Waals surface area contributed by atoms with Gasteiger partial charge in [-0.25, -0.2) is 4.98 Å². The first-order chi connectivity index (χ1) is 8.72. The minimum atomic E-state index is 0.177. The minimum absolute atomic E-state index is 0.177. The van der Waals surface area contributed by atoms with Gasteiger partial charge in [0.05, 0.1) is 22.9 Å². The molecule has 2 rings (SSSR count). The third-order valence-corrected chi connectivity index (χ3v) is 3.59. The molecule has 0 saturated heterocycles. The summed E-state index contributed by atoms with van der Waals surface area (Å²) in [7, 11) is 1.71. The molecule has 1 unspecified atom stereocenters. The van der Waals surface area contributed by atoms with E-state index in [1.54, 1.807) is 18.4 Å². The number of aromatic nitrogens is 1. The van der Waals surface area contributed by atoms with Crippen molar-refractivity contribution in [3.05, 3.63) is 18.2 Å². The fourth-order valence-corrected chi connectivity index (χ4v) is 2.45. The van der Waals surface area contributed by atoms with Crippen molar-refractivity contribution in [3.63, 3.8) is 0 Å². The Hall–Kier alpha value is -1.33. The van der Waals surface area contributed by atoms with Gasteiger partial charge in [-0.3, -0.25) is 0 Å². The molecule has 0 saturated carbocycles. The summed E-state index contributed by atoms with van der Waals surface area (Å²) in [5, 5.41) is 4.20. The van der Waals surface area contributed by atoms with E-state index >= 15 is 0 Å². The number of hydrogen-bond acceptors (Lipinski definition) is 5. The summed E-state index contributed by atoms with van der Waals surface area (Å²) >= 11 is 1.63. The molecular formula is C13H18N2O2S. The normalized spacial score (nSPS) is 12.6. The van der Waals surface area contributed by atoms with E-state index in [0.717, 1.165) is 27.6 Å². The number of ether oxygens (including phenoxy) is 2. The summed E-state index contributed by atoms with van der Waals surface area (Å²) in [6.07, 6.45) is 0.177. The topological polar surface area (TPSA) is 43.4 Å². The predicted molar refractivity (Wildman–Crippen MR) is 75.7 cm³/mol. The molecule has 0 aliphatic carbocycles. The maximum Gasteiger partial charge on any atom is 0.183 e. The monoisotopic (exact) mass is 266 g/mol. The number of benzene rings is 1. The van der Waals surface area contributed by atoms with E-state index in [-0.39, 0.29) is 6.10 Å². The Bertz CT molecular complexity index is 513. The van der Waals surface area contributed by atoms with E-state index in [2.05, 4.69) is 10.3 Å².